The fourth-order valence-electron chi connectivity index (χ4n) is 2.48. The molecule has 0 aromatic heterocycles. The van der Waals surface area contributed by atoms with Gasteiger partial charge in [-0.1, -0.05) is 18.2 Å². The van der Waals surface area contributed by atoms with Gasteiger partial charge in [-0.25, -0.2) is 0 Å². The summed E-state index contributed by atoms with van der Waals surface area (Å²) in [5.41, 5.74) is -0.891. The third kappa shape index (κ3) is 5.84. The van der Waals surface area contributed by atoms with E-state index in [0.717, 1.165) is 0 Å². The van der Waals surface area contributed by atoms with Crippen molar-refractivity contribution in [3.8, 4) is 0 Å². The molecule has 0 bridgehead atoms. The largest absolute Gasteiger partial charge is 0.384 e. The van der Waals surface area contributed by atoms with Gasteiger partial charge in [0.05, 0.1) is 32.8 Å². The quantitative estimate of drug-likeness (QED) is 0.641. The second kappa shape index (κ2) is 8.59. The maximum atomic E-state index is 12.4. The van der Waals surface area contributed by atoms with Gasteiger partial charge in [-0.05, 0) is 12.1 Å². The Morgan fingerprint density at radius 1 is 1.24 bits per heavy atom. The number of β-amino-alcohol motifs (C(OH)–C–C–N with tert-alkyl or cyclic N) is 1. The molecule has 1 fully saturated rings. The molecule has 1 unspecified atom stereocenters. The summed E-state index contributed by atoms with van der Waals surface area (Å²) in [7, 11) is 0. The summed E-state index contributed by atoms with van der Waals surface area (Å²) in [6.07, 6.45) is 0. The Bertz CT molecular complexity index is 622. The van der Waals surface area contributed by atoms with Gasteiger partial charge in [0, 0.05) is 19.0 Å². The molecule has 0 saturated carbocycles. The SMILES string of the molecule is CC(=O)NCC1(O)COCCN(C(=O)CNC(=O)c2ccccc2)C1. The molecule has 0 radical (unpaired) electrons. The molecule has 8 nitrogen and oxygen atoms in total. The highest BCUT2D eigenvalue weighted by atomic mass is 16.5. The van der Waals surface area contributed by atoms with Crippen LogP contribution >= 0.6 is 0 Å². The van der Waals surface area contributed by atoms with Crippen molar-refractivity contribution in [2.24, 2.45) is 0 Å². The van der Waals surface area contributed by atoms with Crippen LogP contribution in [-0.2, 0) is 14.3 Å². The minimum absolute atomic E-state index is 0.0114. The van der Waals surface area contributed by atoms with E-state index in [1.165, 1.54) is 11.8 Å². The molecule has 25 heavy (non-hydrogen) atoms. The average molecular weight is 349 g/mol. The second-order valence-corrected chi connectivity index (χ2v) is 6.05. The zero-order chi connectivity index (χ0) is 18.3. The Hall–Kier alpha value is -2.45. The van der Waals surface area contributed by atoms with E-state index in [-0.39, 0.29) is 50.6 Å². The van der Waals surface area contributed by atoms with Crippen LogP contribution in [0.3, 0.4) is 0 Å². The molecule has 3 amide bonds. The normalized spacial score (nSPS) is 20.5. The highest BCUT2D eigenvalue weighted by Gasteiger charge is 2.34. The van der Waals surface area contributed by atoms with Crippen molar-refractivity contribution in [2.45, 2.75) is 12.5 Å². The number of hydrogen-bond donors (Lipinski definition) is 3. The van der Waals surface area contributed by atoms with Gasteiger partial charge in [-0.15, -0.1) is 0 Å². The Balaban J connectivity index is 1.91. The molecule has 1 saturated heterocycles. The van der Waals surface area contributed by atoms with Gasteiger partial charge in [-0.2, -0.15) is 0 Å². The van der Waals surface area contributed by atoms with Gasteiger partial charge in [0.25, 0.3) is 5.91 Å². The van der Waals surface area contributed by atoms with Gasteiger partial charge in [0.15, 0.2) is 0 Å². The van der Waals surface area contributed by atoms with E-state index in [9.17, 15) is 19.5 Å². The molecule has 1 aliphatic rings. The van der Waals surface area contributed by atoms with Gasteiger partial charge in [-0.3, -0.25) is 14.4 Å². The van der Waals surface area contributed by atoms with Crippen molar-refractivity contribution >= 4 is 17.7 Å². The molecule has 1 atom stereocenters. The first kappa shape index (κ1) is 18.9. The van der Waals surface area contributed by atoms with Crippen molar-refractivity contribution in [1.82, 2.24) is 15.5 Å². The van der Waals surface area contributed by atoms with Gasteiger partial charge in [0.2, 0.25) is 11.8 Å². The maximum Gasteiger partial charge on any atom is 0.251 e. The molecule has 1 aromatic carbocycles. The van der Waals surface area contributed by atoms with Crippen molar-refractivity contribution < 1.29 is 24.2 Å². The number of benzene rings is 1. The smallest absolute Gasteiger partial charge is 0.251 e. The van der Waals surface area contributed by atoms with Crippen LogP contribution < -0.4 is 10.6 Å². The van der Waals surface area contributed by atoms with Crippen LogP contribution in [0, 0.1) is 0 Å². The van der Waals surface area contributed by atoms with Crippen LogP contribution in [0.4, 0.5) is 0 Å². The van der Waals surface area contributed by atoms with Crippen LogP contribution in [0.15, 0.2) is 30.3 Å². The number of ether oxygens (including phenoxy) is 1. The molecule has 136 valence electrons. The Morgan fingerprint density at radius 3 is 2.64 bits per heavy atom. The monoisotopic (exact) mass is 349 g/mol. The standard InChI is InChI=1S/C17H23N3O5/c1-13(21)19-10-17(24)11-20(7-8-25-12-17)15(22)9-18-16(23)14-5-3-2-4-6-14/h2-6,24H,7-12H2,1H3,(H,18,23)(H,19,21). The van der Waals surface area contributed by atoms with E-state index < -0.39 is 5.60 Å². The summed E-state index contributed by atoms with van der Waals surface area (Å²) >= 11 is 0. The van der Waals surface area contributed by atoms with E-state index in [1.807, 2.05) is 0 Å². The Labute approximate surface area is 146 Å². The highest BCUT2D eigenvalue weighted by molar-refractivity contribution is 5.96. The molecule has 1 heterocycles. The van der Waals surface area contributed by atoms with Crippen LogP contribution in [-0.4, -0.2) is 72.7 Å². The van der Waals surface area contributed by atoms with Gasteiger partial charge >= 0.3 is 0 Å². The molecule has 0 aliphatic carbocycles. The summed E-state index contributed by atoms with van der Waals surface area (Å²) in [6.45, 7) is 1.79. The highest BCUT2D eigenvalue weighted by Crippen LogP contribution is 2.12. The third-order valence-corrected chi connectivity index (χ3v) is 3.82. The maximum absolute atomic E-state index is 12.4. The molecule has 3 N–H and O–H groups in total. The zero-order valence-corrected chi connectivity index (χ0v) is 14.2. The van der Waals surface area contributed by atoms with Crippen molar-refractivity contribution in [3.05, 3.63) is 35.9 Å². The van der Waals surface area contributed by atoms with E-state index in [4.69, 9.17) is 4.74 Å². The number of nitrogens with zero attached hydrogens (tertiary/aromatic N) is 1. The number of amides is 3. The van der Waals surface area contributed by atoms with E-state index in [1.54, 1.807) is 30.3 Å². The molecule has 8 heteroatoms. The lowest BCUT2D eigenvalue weighted by Gasteiger charge is -2.30. The van der Waals surface area contributed by atoms with Crippen LogP contribution in [0.25, 0.3) is 0 Å². The minimum Gasteiger partial charge on any atom is -0.384 e. The number of carbonyl (C=O) groups is 3. The second-order valence-electron chi connectivity index (χ2n) is 6.05. The number of carbonyl (C=O) groups excluding carboxylic acids is 3. The summed E-state index contributed by atoms with van der Waals surface area (Å²) in [5.74, 6) is -0.935. The fraction of sp³-hybridized carbons (Fsp3) is 0.471. The van der Waals surface area contributed by atoms with E-state index in [2.05, 4.69) is 10.6 Å². The molecule has 1 aromatic rings. The summed E-state index contributed by atoms with van der Waals surface area (Å²) in [6, 6.07) is 8.60. The lowest BCUT2D eigenvalue weighted by molar-refractivity contribution is -0.133. The minimum atomic E-state index is -1.36. The zero-order valence-electron chi connectivity index (χ0n) is 14.2. The first-order chi connectivity index (χ1) is 11.9. The predicted molar refractivity (Wildman–Crippen MR) is 89.8 cm³/mol. The lowest BCUT2D eigenvalue weighted by atomic mass is 10.1. The molecular formula is C17H23N3O5. The molecule has 0 spiro atoms. The first-order valence-electron chi connectivity index (χ1n) is 8.05. The number of aliphatic hydroxyl groups is 1. The first-order valence-corrected chi connectivity index (χ1v) is 8.05. The fourth-order valence-corrected chi connectivity index (χ4v) is 2.48. The van der Waals surface area contributed by atoms with Crippen LogP contribution in [0.5, 0.6) is 0 Å². The van der Waals surface area contributed by atoms with E-state index >= 15 is 0 Å². The Morgan fingerprint density at radius 2 is 1.96 bits per heavy atom. The predicted octanol–water partition coefficient (Wildman–Crippen LogP) is -0.858. The molecule has 1 aliphatic heterocycles. The number of hydrogen-bond acceptors (Lipinski definition) is 5. The van der Waals surface area contributed by atoms with Crippen molar-refractivity contribution in [3.63, 3.8) is 0 Å². The number of nitrogens with one attached hydrogen (secondary N) is 2. The lowest BCUT2D eigenvalue weighted by Crippen LogP contribution is -2.54. The number of rotatable bonds is 5. The summed E-state index contributed by atoms with van der Waals surface area (Å²) in [4.78, 5) is 36.9. The average Bonchev–Trinajstić information content (AvgIpc) is 2.81. The Kier molecular flexibility index (Phi) is 6.49. The molecule has 2 rings (SSSR count). The van der Waals surface area contributed by atoms with Gasteiger partial charge < -0.3 is 25.4 Å². The van der Waals surface area contributed by atoms with Crippen molar-refractivity contribution in [1.29, 1.82) is 0 Å². The topological polar surface area (TPSA) is 108 Å². The molecular weight excluding hydrogens is 326 g/mol. The summed E-state index contributed by atoms with van der Waals surface area (Å²) in [5, 5.41) is 15.7. The van der Waals surface area contributed by atoms with E-state index in [0.29, 0.717) is 12.1 Å². The third-order valence-electron chi connectivity index (χ3n) is 3.82. The van der Waals surface area contributed by atoms with Crippen LogP contribution in [0.1, 0.15) is 17.3 Å². The van der Waals surface area contributed by atoms with Crippen molar-refractivity contribution in [2.75, 3.05) is 39.4 Å². The van der Waals surface area contributed by atoms with Gasteiger partial charge in [0.1, 0.15) is 5.60 Å². The summed E-state index contributed by atoms with van der Waals surface area (Å²) < 4.78 is 5.34. The van der Waals surface area contributed by atoms with Crippen LogP contribution in [0.2, 0.25) is 0 Å².